The van der Waals surface area contributed by atoms with E-state index in [9.17, 15) is 23.9 Å². The van der Waals surface area contributed by atoms with E-state index in [0.29, 0.717) is 25.1 Å². The first kappa shape index (κ1) is 40.5. The van der Waals surface area contributed by atoms with E-state index >= 15 is 0 Å². The fourth-order valence-corrected chi connectivity index (χ4v) is 5.63. The van der Waals surface area contributed by atoms with Gasteiger partial charge >= 0.3 is 6.09 Å². The van der Waals surface area contributed by atoms with Crippen molar-refractivity contribution < 1.29 is 33.4 Å². The van der Waals surface area contributed by atoms with Gasteiger partial charge in [0.15, 0.2) is 0 Å². The molecule has 0 aliphatic heterocycles. The van der Waals surface area contributed by atoms with Crippen LogP contribution in [0.2, 0.25) is 0 Å². The van der Waals surface area contributed by atoms with E-state index in [1.54, 1.807) is 23.1 Å². The van der Waals surface area contributed by atoms with E-state index in [4.69, 9.17) is 9.47 Å². The van der Waals surface area contributed by atoms with Crippen LogP contribution in [0, 0.1) is 5.82 Å². The summed E-state index contributed by atoms with van der Waals surface area (Å²) in [6.07, 6.45) is 3.48. The lowest BCUT2D eigenvalue weighted by atomic mass is 9.99. The number of carbonyl (C=O) groups is 3. The first-order valence-electron chi connectivity index (χ1n) is 17.6. The highest BCUT2D eigenvalue weighted by atomic mass is 19.1. The molecule has 3 rings (SSSR count). The maximum Gasteiger partial charge on any atom is 0.410 e. The van der Waals surface area contributed by atoms with Crippen molar-refractivity contribution in [2.24, 2.45) is 0 Å². The molecule has 0 heterocycles. The van der Waals surface area contributed by atoms with Crippen molar-refractivity contribution in [3.8, 4) is 5.75 Å². The zero-order chi connectivity index (χ0) is 37.0. The highest BCUT2D eigenvalue weighted by Gasteiger charge is 2.28. The molecule has 3 aromatic carbocycles. The minimum absolute atomic E-state index is 0.0342. The zero-order valence-corrected chi connectivity index (χ0v) is 29.9. The van der Waals surface area contributed by atoms with Gasteiger partial charge in [0.25, 0.3) is 0 Å². The van der Waals surface area contributed by atoms with Crippen molar-refractivity contribution in [2.45, 2.75) is 77.7 Å². The van der Waals surface area contributed by atoms with E-state index in [2.05, 4.69) is 18.5 Å². The van der Waals surface area contributed by atoms with Crippen molar-refractivity contribution >= 4 is 17.9 Å². The number of nitrogens with one attached hydrogen (secondary N) is 1. The first-order chi connectivity index (χ1) is 24.6. The van der Waals surface area contributed by atoms with Gasteiger partial charge in [-0.25, -0.2) is 9.18 Å². The highest BCUT2D eigenvalue weighted by molar-refractivity contribution is 5.79. The van der Waals surface area contributed by atoms with Crippen molar-refractivity contribution in [3.05, 3.63) is 126 Å². The quantitative estimate of drug-likeness (QED) is 0.112. The number of hydrogen-bond acceptors (Lipinski definition) is 6. The lowest BCUT2D eigenvalue weighted by Gasteiger charge is -2.30. The average molecular weight is 702 g/mol. The Balaban J connectivity index is 1.83. The minimum Gasteiger partial charge on any atom is -0.489 e. The predicted molar refractivity (Wildman–Crippen MR) is 198 cm³/mol. The van der Waals surface area contributed by atoms with Gasteiger partial charge in [0.05, 0.1) is 18.7 Å². The Morgan fingerprint density at radius 2 is 1.65 bits per heavy atom. The van der Waals surface area contributed by atoms with Gasteiger partial charge in [-0.1, -0.05) is 87.2 Å². The average Bonchev–Trinajstić information content (AvgIpc) is 3.12. The van der Waals surface area contributed by atoms with E-state index in [-0.39, 0.29) is 63.1 Å². The fraction of sp³-hybridized carbons (Fsp3) is 0.390. The molecular weight excluding hydrogens is 649 g/mol. The fourth-order valence-electron chi connectivity index (χ4n) is 5.63. The Hall–Kier alpha value is -4.96. The van der Waals surface area contributed by atoms with Crippen LogP contribution in [0.25, 0.3) is 0 Å². The van der Waals surface area contributed by atoms with Gasteiger partial charge in [-0.2, -0.15) is 0 Å². The maximum absolute atomic E-state index is 14.7. The van der Waals surface area contributed by atoms with Gasteiger partial charge in [-0.05, 0) is 60.1 Å². The number of halogens is 1. The first-order valence-corrected chi connectivity index (χ1v) is 17.6. The molecule has 0 saturated heterocycles. The van der Waals surface area contributed by atoms with Gasteiger partial charge in [-0.3, -0.25) is 9.59 Å². The third-order valence-electron chi connectivity index (χ3n) is 8.20. The summed E-state index contributed by atoms with van der Waals surface area (Å²) in [7, 11) is 0. The second-order valence-corrected chi connectivity index (χ2v) is 12.4. The number of aryl methyl sites for hydroxylation is 1. The number of benzene rings is 3. The third-order valence-corrected chi connectivity index (χ3v) is 8.20. The third kappa shape index (κ3) is 14.4. The number of nitrogens with zero attached hydrogens (tertiary/aromatic N) is 2. The van der Waals surface area contributed by atoms with Crippen LogP contribution in [-0.2, 0) is 40.3 Å². The van der Waals surface area contributed by atoms with Crippen molar-refractivity contribution in [2.75, 3.05) is 26.2 Å². The van der Waals surface area contributed by atoms with Gasteiger partial charge in [0, 0.05) is 38.5 Å². The molecule has 0 radical (unpaired) electrons. The largest absolute Gasteiger partial charge is 0.489 e. The summed E-state index contributed by atoms with van der Waals surface area (Å²) < 4.78 is 25.9. The molecule has 51 heavy (non-hydrogen) atoms. The highest BCUT2D eigenvalue weighted by Crippen LogP contribution is 2.20. The van der Waals surface area contributed by atoms with Crippen molar-refractivity contribution in [3.63, 3.8) is 0 Å². The zero-order valence-electron chi connectivity index (χ0n) is 29.9. The maximum atomic E-state index is 14.7. The number of hydrogen-bond donors (Lipinski definition) is 2. The molecule has 10 heteroatoms. The van der Waals surface area contributed by atoms with Gasteiger partial charge in [-0.15, -0.1) is 6.58 Å². The number of amides is 3. The lowest BCUT2D eigenvalue weighted by Crippen LogP contribution is -2.50. The van der Waals surface area contributed by atoms with E-state index < -0.39 is 24.1 Å². The Kier molecular flexibility index (Phi) is 17.4. The van der Waals surface area contributed by atoms with Gasteiger partial charge in [0.2, 0.25) is 11.8 Å². The van der Waals surface area contributed by atoms with Crippen molar-refractivity contribution in [1.29, 1.82) is 0 Å². The van der Waals surface area contributed by atoms with E-state index in [1.165, 1.54) is 17.0 Å². The SMILES string of the molecule is C=CCOc1cc(F)cc(CC(NC(=O)CCCC(=O)N(CC=C)CCC)C(O)CN(Cc2cccc(CC)c2)C(=O)OCc2ccccc2)c1. The van der Waals surface area contributed by atoms with E-state index in [1.807, 2.05) is 68.4 Å². The second kappa shape index (κ2) is 22.0. The van der Waals surface area contributed by atoms with Crippen LogP contribution in [0.3, 0.4) is 0 Å². The standard InChI is InChI=1S/C41H52FN3O6/c1-5-20-44(21-6-2)40(48)19-13-18-39(47)43-37(26-34-24-35(42)27-36(25-34)50-22-7-3)38(46)29-45(28-33-17-12-16-31(8-4)23-33)41(49)51-30-32-14-10-9-11-15-32/h5,7,9-12,14-17,23-25,27,37-38,46H,1,3,6,8,13,18-22,26,28-30H2,2,4H3,(H,43,47). The van der Waals surface area contributed by atoms with Crippen molar-refractivity contribution in [1.82, 2.24) is 15.1 Å². The topological polar surface area (TPSA) is 108 Å². The van der Waals surface area contributed by atoms with Crippen LogP contribution in [0.4, 0.5) is 9.18 Å². The number of carbonyl (C=O) groups excluding carboxylic acids is 3. The predicted octanol–water partition coefficient (Wildman–Crippen LogP) is 6.78. The van der Waals surface area contributed by atoms with Crippen LogP contribution in [0.5, 0.6) is 5.75 Å². The Morgan fingerprint density at radius 1 is 0.902 bits per heavy atom. The molecule has 0 spiro atoms. The molecule has 0 fully saturated rings. The number of ether oxygens (including phenoxy) is 2. The molecule has 0 aliphatic carbocycles. The second-order valence-electron chi connectivity index (χ2n) is 12.4. The molecule has 0 bridgehead atoms. The molecule has 2 unspecified atom stereocenters. The van der Waals surface area contributed by atoms with Gasteiger partial charge < -0.3 is 29.7 Å². The van der Waals surface area contributed by atoms with Crippen LogP contribution in [0.1, 0.15) is 61.8 Å². The summed E-state index contributed by atoms with van der Waals surface area (Å²) >= 11 is 0. The number of rotatable bonds is 22. The molecule has 3 aromatic rings. The molecule has 9 nitrogen and oxygen atoms in total. The molecular formula is C41H52FN3O6. The molecule has 274 valence electrons. The molecule has 0 saturated carbocycles. The monoisotopic (exact) mass is 701 g/mol. The summed E-state index contributed by atoms with van der Waals surface area (Å²) in [5.41, 5.74) is 3.23. The van der Waals surface area contributed by atoms with Crippen LogP contribution in [-0.4, -0.2) is 71.2 Å². The molecule has 2 atom stereocenters. The smallest absolute Gasteiger partial charge is 0.410 e. The van der Waals surface area contributed by atoms with E-state index in [0.717, 1.165) is 29.5 Å². The van der Waals surface area contributed by atoms with Gasteiger partial charge in [0.1, 0.15) is 24.8 Å². The molecule has 0 aromatic heterocycles. The number of aliphatic hydroxyl groups excluding tert-OH is 1. The number of aliphatic hydroxyl groups is 1. The van der Waals surface area contributed by atoms with Crippen LogP contribution >= 0.6 is 0 Å². The Morgan fingerprint density at radius 3 is 2.35 bits per heavy atom. The van der Waals surface area contributed by atoms with Crippen LogP contribution in [0.15, 0.2) is 98.1 Å². The normalized spacial score (nSPS) is 11.9. The summed E-state index contributed by atoms with van der Waals surface area (Å²) in [5, 5.41) is 14.6. The molecule has 0 aliphatic rings. The molecule has 2 N–H and O–H groups in total. The Bertz CT molecular complexity index is 1570. The lowest BCUT2D eigenvalue weighted by molar-refractivity contribution is -0.131. The summed E-state index contributed by atoms with van der Waals surface area (Å²) in [5.74, 6) is -0.709. The molecule has 3 amide bonds. The summed E-state index contributed by atoms with van der Waals surface area (Å²) in [4.78, 5) is 42.7. The van der Waals surface area contributed by atoms with Crippen LogP contribution < -0.4 is 10.1 Å². The Labute approximate surface area is 301 Å². The minimum atomic E-state index is -1.28. The summed E-state index contributed by atoms with van der Waals surface area (Å²) in [6.45, 7) is 12.6. The summed E-state index contributed by atoms with van der Waals surface area (Å²) in [6, 6.07) is 20.4.